The van der Waals surface area contributed by atoms with Gasteiger partial charge in [0.1, 0.15) is 0 Å². The van der Waals surface area contributed by atoms with Crippen LogP contribution in [0.5, 0.6) is 0 Å². The molecule has 4 rings (SSSR count). The summed E-state index contributed by atoms with van der Waals surface area (Å²) in [6.45, 7) is 5.12. The standard InChI is InChI=1S/C26H28N6/c1-22(31(18-23-10-2-6-14-27-23)19-24-11-3-7-15-28-24)32(20-25-12-4-8-16-29-25)21-26-13-5-9-17-30-26/h2-17,22H,18-21H2,1H3. The molecule has 0 amide bonds. The zero-order valence-corrected chi connectivity index (χ0v) is 18.3. The van der Waals surface area contributed by atoms with Crippen molar-refractivity contribution in [2.75, 3.05) is 0 Å². The molecule has 162 valence electrons. The van der Waals surface area contributed by atoms with Gasteiger partial charge < -0.3 is 0 Å². The van der Waals surface area contributed by atoms with E-state index in [9.17, 15) is 0 Å². The molecule has 0 saturated carbocycles. The van der Waals surface area contributed by atoms with Crippen molar-refractivity contribution in [2.24, 2.45) is 0 Å². The fourth-order valence-corrected chi connectivity index (χ4v) is 3.67. The van der Waals surface area contributed by atoms with Crippen molar-refractivity contribution in [3.8, 4) is 0 Å². The largest absolute Gasteiger partial charge is 0.276 e. The Kier molecular flexibility index (Phi) is 7.63. The van der Waals surface area contributed by atoms with Gasteiger partial charge in [-0.2, -0.15) is 0 Å². The Balaban J connectivity index is 1.61. The van der Waals surface area contributed by atoms with Gasteiger partial charge in [-0.05, 0) is 55.5 Å². The average molecular weight is 425 g/mol. The lowest BCUT2D eigenvalue weighted by Crippen LogP contribution is -2.45. The van der Waals surface area contributed by atoms with E-state index in [1.807, 2.05) is 73.3 Å². The SMILES string of the molecule is CC(N(Cc1ccccn1)Cc1ccccn1)N(Cc1ccccn1)Cc1ccccn1. The van der Waals surface area contributed by atoms with Gasteiger partial charge in [-0.3, -0.25) is 29.7 Å². The van der Waals surface area contributed by atoms with E-state index in [0.717, 1.165) is 49.0 Å². The molecule has 4 heterocycles. The third-order valence-electron chi connectivity index (χ3n) is 5.42. The summed E-state index contributed by atoms with van der Waals surface area (Å²) < 4.78 is 0. The van der Waals surface area contributed by atoms with E-state index in [4.69, 9.17) is 0 Å². The van der Waals surface area contributed by atoms with E-state index in [0.29, 0.717) is 0 Å². The van der Waals surface area contributed by atoms with Crippen molar-refractivity contribution < 1.29 is 0 Å². The van der Waals surface area contributed by atoms with Crippen LogP contribution in [0.4, 0.5) is 0 Å². The van der Waals surface area contributed by atoms with Crippen LogP contribution in [0.25, 0.3) is 0 Å². The Bertz CT molecular complexity index is 875. The molecule has 0 atom stereocenters. The fraction of sp³-hybridized carbons (Fsp3) is 0.231. The van der Waals surface area contributed by atoms with Crippen LogP contribution in [0.2, 0.25) is 0 Å². The molecule has 0 radical (unpaired) electrons. The summed E-state index contributed by atoms with van der Waals surface area (Å²) in [5.74, 6) is 0. The smallest absolute Gasteiger partial charge is 0.0608 e. The maximum Gasteiger partial charge on any atom is 0.0608 e. The van der Waals surface area contributed by atoms with E-state index >= 15 is 0 Å². The molecular weight excluding hydrogens is 396 g/mol. The Morgan fingerprint density at radius 3 is 1.00 bits per heavy atom. The number of rotatable bonds is 10. The molecule has 0 aliphatic carbocycles. The van der Waals surface area contributed by atoms with Gasteiger partial charge in [-0.25, -0.2) is 0 Å². The van der Waals surface area contributed by atoms with Crippen LogP contribution in [0.1, 0.15) is 29.7 Å². The Hall–Kier alpha value is -3.48. The summed E-state index contributed by atoms with van der Waals surface area (Å²) in [6, 6.07) is 24.2. The molecule has 0 saturated heterocycles. The first kappa shape index (κ1) is 21.7. The number of hydrogen-bond donors (Lipinski definition) is 0. The third kappa shape index (κ3) is 6.26. The lowest BCUT2D eigenvalue weighted by atomic mass is 10.2. The van der Waals surface area contributed by atoms with Gasteiger partial charge in [0, 0.05) is 51.0 Å². The van der Waals surface area contributed by atoms with Crippen molar-refractivity contribution in [1.29, 1.82) is 0 Å². The second-order valence-electron chi connectivity index (χ2n) is 7.73. The van der Waals surface area contributed by atoms with Crippen LogP contribution in [0.15, 0.2) is 97.6 Å². The predicted octanol–water partition coefficient (Wildman–Crippen LogP) is 4.32. The van der Waals surface area contributed by atoms with E-state index in [1.54, 1.807) is 0 Å². The van der Waals surface area contributed by atoms with Crippen LogP contribution in [0, 0.1) is 0 Å². The minimum absolute atomic E-state index is 0.100. The van der Waals surface area contributed by atoms with Crippen molar-refractivity contribution in [2.45, 2.75) is 39.3 Å². The highest BCUT2D eigenvalue weighted by Crippen LogP contribution is 2.18. The number of pyridine rings is 4. The van der Waals surface area contributed by atoms with Gasteiger partial charge in [0.2, 0.25) is 0 Å². The monoisotopic (exact) mass is 424 g/mol. The summed E-state index contributed by atoms with van der Waals surface area (Å²) in [5, 5.41) is 0. The molecule has 0 unspecified atom stereocenters. The number of nitrogens with zero attached hydrogens (tertiary/aromatic N) is 6. The molecular formula is C26H28N6. The maximum absolute atomic E-state index is 4.56. The highest BCUT2D eigenvalue weighted by molar-refractivity contribution is 5.09. The normalized spacial score (nSPS) is 11.4. The highest BCUT2D eigenvalue weighted by Gasteiger charge is 2.23. The van der Waals surface area contributed by atoms with Crippen molar-refractivity contribution in [3.63, 3.8) is 0 Å². The molecule has 0 aliphatic heterocycles. The van der Waals surface area contributed by atoms with Crippen molar-refractivity contribution >= 4 is 0 Å². The van der Waals surface area contributed by atoms with Crippen LogP contribution in [-0.2, 0) is 26.2 Å². The van der Waals surface area contributed by atoms with Gasteiger partial charge in [0.05, 0.1) is 28.9 Å². The maximum atomic E-state index is 4.56. The molecule has 0 aromatic carbocycles. The summed E-state index contributed by atoms with van der Waals surface area (Å²) in [6.07, 6.45) is 7.48. The van der Waals surface area contributed by atoms with Gasteiger partial charge in [-0.1, -0.05) is 24.3 Å². The minimum Gasteiger partial charge on any atom is -0.276 e. The molecule has 4 aromatic rings. The second-order valence-corrected chi connectivity index (χ2v) is 7.73. The van der Waals surface area contributed by atoms with E-state index in [-0.39, 0.29) is 6.17 Å². The lowest BCUT2D eigenvalue weighted by molar-refractivity contribution is 0.0275. The lowest BCUT2D eigenvalue weighted by Gasteiger charge is -2.37. The Morgan fingerprint density at radius 2 is 0.781 bits per heavy atom. The first-order valence-electron chi connectivity index (χ1n) is 10.9. The molecule has 6 heteroatoms. The topological polar surface area (TPSA) is 58.0 Å². The van der Waals surface area contributed by atoms with Crippen LogP contribution in [-0.4, -0.2) is 35.9 Å². The number of aromatic nitrogens is 4. The molecule has 0 bridgehead atoms. The average Bonchev–Trinajstić information content (AvgIpc) is 2.85. The Morgan fingerprint density at radius 1 is 0.500 bits per heavy atom. The third-order valence-corrected chi connectivity index (χ3v) is 5.42. The molecule has 6 nitrogen and oxygen atoms in total. The zero-order chi connectivity index (χ0) is 22.0. The molecule has 0 aliphatic rings. The van der Waals surface area contributed by atoms with E-state index < -0.39 is 0 Å². The number of hydrogen-bond acceptors (Lipinski definition) is 6. The van der Waals surface area contributed by atoms with Gasteiger partial charge in [0.15, 0.2) is 0 Å². The first-order chi connectivity index (χ1) is 15.8. The van der Waals surface area contributed by atoms with Crippen molar-refractivity contribution in [1.82, 2.24) is 29.7 Å². The Labute approximate surface area is 189 Å². The summed E-state index contributed by atoms with van der Waals surface area (Å²) >= 11 is 0. The zero-order valence-electron chi connectivity index (χ0n) is 18.3. The van der Waals surface area contributed by atoms with Crippen LogP contribution in [0.3, 0.4) is 0 Å². The van der Waals surface area contributed by atoms with E-state index in [2.05, 4.69) is 60.9 Å². The molecule has 0 spiro atoms. The van der Waals surface area contributed by atoms with Gasteiger partial charge in [-0.15, -0.1) is 0 Å². The quantitative estimate of drug-likeness (QED) is 0.354. The highest BCUT2D eigenvalue weighted by atomic mass is 15.4. The molecule has 0 fully saturated rings. The van der Waals surface area contributed by atoms with Crippen molar-refractivity contribution in [3.05, 3.63) is 120 Å². The predicted molar refractivity (Wildman–Crippen MR) is 125 cm³/mol. The van der Waals surface area contributed by atoms with Gasteiger partial charge >= 0.3 is 0 Å². The summed E-state index contributed by atoms with van der Waals surface area (Å²) in [4.78, 5) is 23.1. The minimum atomic E-state index is 0.100. The fourth-order valence-electron chi connectivity index (χ4n) is 3.67. The summed E-state index contributed by atoms with van der Waals surface area (Å²) in [7, 11) is 0. The summed E-state index contributed by atoms with van der Waals surface area (Å²) in [5.41, 5.74) is 4.13. The second kappa shape index (κ2) is 11.2. The molecule has 4 aromatic heterocycles. The van der Waals surface area contributed by atoms with E-state index in [1.165, 1.54) is 0 Å². The molecule has 0 N–H and O–H groups in total. The van der Waals surface area contributed by atoms with Crippen LogP contribution >= 0.6 is 0 Å². The van der Waals surface area contributed by atoms with Gasteiger partial charge in [0.25, 0.3) is 0 Å². The molecule has 32 heavy (non-hydrogen) atoms. The van der Waals surface area contributed by atoms with Crippen LogP contribution < -0.4 is 0 Å². The first-order valence-corrected chi connectivity index (χ1v) is 10.9.